The van der Waals surface area contributed by atoms with Crippen LogP contribution in [0.25, 0.3) is 11.4 Å². The summed E-state index contributed by atoms with van der Waals surface area (Å²) in [6.45, 7) is 2.55. The number of hydrogen-bond acceptors (Lipinski definition) is 6. The number of anilines is 1. The zero-order valence-electron chi connectivity index (χ0n) is 16.6. The van der Waals surface area contributed by atoms with Crippen molar-refractivity contribution in [2.75, 3.05) is 11.9 Å². The van der Waals surface area contributed by atoms with E-state index >= 15 is 0 Å². The number of ether oxygens (including phenoxy) is 1. The number of phenolic OH excluding ortho intramolecular Hbond substituents is 1. The molecule has 5 rings (SSSR count). The van der Waals surface area contributed by atoms with Crippen molar-refractivity contribution in [2.24, 2.45) is 0 Å². The number of carbonyl (C=O) groups is 1. The molecular formula is C23H22N4O3. The Labute approximate surface area is 174 Å². The monoisotopic (exact) mass is 402 g/mol. The number of phenols is 1. The van der Waals surface area contributed by atoms with Gasteiger partial charge in [-0.3, -0.25) is 4.79 Å². The molecule has 0 radical (unpaired) electrons. The lowest BCUT2D eigenvalue weighted by Gasteiger charge is -2.32. The molecule has 3 aromatic rings. The highest BCUT2D eigenvalue weighted by molar-refractivity contribution is 5.99. The second-order valence-corrected chi connectivity index (χ2v) is 7.45. The first-order valence-corrected chi connectivity index (χ1v) is 10.2. The van der Waals surface area contributed by atoms with Gasteiger partial charge >= 0.3 is 0 Å². The van der Waals surface area contributed by atoms with Gasteiger partial charge in [0.05, 0.1) is 6.61 Å². The van der Waals surface area contributed by atoms with Gasteiger partial charge < -0.3 is 15.2 Å². The average Bonchev–Trinajstić information content (AvgIpc) is 3.17. The van der Waals surface area contributed by atoms with Crippen molar-refractivity contribution in [1.82, 2.24) is 14.8 Å². The molecule has 1 aromatic heterocycles. The summed E-state index contributed by atoms with van der Waals surface area (Å²) in [5.74, 6) is 2.18. The van der Waals surface area contributed by atoms with Crippen LogP contribution in [0.4, 0.5) is 5.95 Å². The Morgan fingerprint density at radius 2 is 2.03 bits per heavy atom. The van der Waals surface area contributed by atoms with Gasteiger partial charge in [0.15, 0.2) is 11.6 Å². The molecule has 2 aromatic carbocycles. The molecule has 0 saturated heterocycles. The zero-order chi connectivity index (χ0) is 20.7. The Morgan fingerprint density at radius 1 is 1.20 bits per heavy atom. The molecule has 0 saturated carbocycles. The van der Waals surface area contributed by atoms with E-state index in [0.717, 1.165) is 35.4 Å². The second-order valence-electron chi connectivity index (χ2n) is 7.45. The highest BCUT2D eigenvalue weighted by atomic mass is 16.5. The van der Waals surface area contributed by atoms with Crippen LogP contribution in [-0.4, -0.2) is 32.3 Å². The fourth-order valence-corrected chi connectivity index (χ4v) is 4.14. The number of Topliss-reactive ketones (excluding diaryl/α,β-unsaturated/α-hetero) is 1. The molecule has 1 unspecified atom stereocenters. The Kier molecular flexibility index (Phi) is 4.50. The lowest BCUT2D eigenvalue weighted by atomic mass is 9.85. The first-order valence-electron chi connectivity index (χ1n) is 10.2. The number of carbonyl (C=O) groups excluding carboxylic acids is 1. The SMILES string of the molecule is CCOc1ccc(C2C3=C(CCCC3=O)Nc3nc(-c4cccc(O)c4)nn32)cc1. The van der Waals surface area contributed by atoms with E-state index in [1.54, 1.807) is 22.9 Å². The van der Waals surface area contributed by atoms with Crippen molar-refractivity contribution in [3.8, 4) is 22.9 Å². The molecule has 7 nitrogen and oxygen atoms in total. The molecule has 30 heavy (non-hydrogen) atoms. The number of allylic oxidation sites excluding steroid dienone is 2. The van der Waals surface area contributed by atoms with E-state index in [2.05, 4.69) is 10.3 Å². The summed E-state index contributed by atoms with van der Waals surface area (Å²) in [6, 6.07) is 14.3. The zero-order valence-corrected chi connectivity index (χ0v) is 16.6. The quantitative estimate of drug-likeness (QED) is 0.684. The van der Waals surface area contributed by atoms with Gasteiger partial charge in [-0.2, -0.15) is 4.98 Å². The third-order valence-corrected chi connectivity index (χ3v) is 5.48. The lowest BCUT2D eigenvalue weighted by molar-refractivity contribution is -0.116. The largest absolute Gasteiger partial charge is 0.508 e. The topological polar surface area (TPSA) is 89.3 Å². The van der Waals surface area contributed by atoms with E-state index in [1.165, 1.54) is 0 Å². The van der Waals surface area contributed by atoms with Crippen LogP contribution in [0.15, 0.2) is 59.8 Å². The molecule has 152 valence electrons. The molecule has 0 bridgehead atoms. The molecule has 2 heterocycles. The van der Waals surface area contributed by atoms with Crippen LogP contribution in [0.3, 0.4) is 0 Å². The van der Waals surface area contributed by atoms with Crippen molar-refractivity contribution in [3.05, 3.63) is 65.4 Å². The smallest absolute Gasteiger partial charge is 0.226 e. The standard InChI is InChI=1S/C23H22N4O3/c1-2-30-17-11-9-14(10-12-17)21-20-18(7-4-8-19(20)29)24-23-25-22(26-27(21)23)15-5-3-6-16(28)13-15/h3,5-6,9-13,21,28H,2,4,7-8H2,1H3,(H,24,25,26). The predicted octanol–water partition coefficient (Wildman–Crippen LogP) is 4.07. The van der Waals surface area contributed by atoms with Crippen LogP contribution < -0.4 is 10.1 Å². The molecule has 2 aliphatic rings. The molecule has 0 spiro atoms. The summed E-state index contributed by atoms with van der Waals surface area (Å²) in [6.07, 6.45) is 2.18. The molecular weight excluding hydrogens is 380 g/mol. The van der Waals surface area contributed by atoms with Crippen molar-refractivity contribution in [1.29, 1.82) is 0 Å². The van der Waals surface area contributed by atoms with Gasteiger partial charge in [-0.1, -0.05) is 24.3 Å². The Balaban J connectivity index is 1.63. The number of nitrogens with zero attached hydrogens (tertiary/aromatic N) is 3. The van der Waals surface area contributed by atoms with Crippen LogP contribution in [0.2, 0.25) is 0 Å². The minimum absolute atomic E-state index is 0.141. The van der Waals surface area contributed by atoms with Gasteiger partial charge in [0.1, 0.15) is 17.5 Å². The van der Waals surface area contributed by atoms with Crippen LogP contribution >= 0.6 is 0 Å². The van der Waals surface area contributed by atoms with E-state index in [4.69, 9.17) is 9.84 Å². The Hall–Kier alpha value is -3.61. The molecule has 2 N–H and O–H groups in total. The molecule has 7 heteroatoms. The maximum Gasteiger partial charge on any atom is 0.226 e. The Morgan fingerprint density at radius 3 is 2.80 bits per heavy atom. The minimum Gasteiger partial charge on any atom is -0.508 e. The van der Waals surface area contributed by atoms with Crippen LogP contribution in [0, 0.1) is 0 Å². The van der Waals surface area contributed by atoms with Gasteiger partial charge in [0.25, 0.3) is 0 Å². The highest BCUT2D eigenvalue weighted by Crippen LogP contribution is 2.41. The van der Waals surface area contributed by atoms with Crippen LogP contribution in [0.5, 0.6) is 11.5 Å². The highest BCUT2D eigenvalue weighted by Gasteiger charge is 2.36. The van der Waals surface area contributed by atoms with E-state index in [9.17, 15) is 9.90 Å². The fraction of sp³-hybridized carbons (Fsp3) is 0.261. The van der Waals surface area contributed by atoms with Gasteiger partial charge in [-0.25, -0.2) is 4.68 Å². The first kappa shape index (κ1) is 18.4. The van der Waals surface area contributed by atoms with Gasteiger partial charge in [0.2, 0.25) is 5.95 Å². The summed E-state index contributed by atoms with van der Waals surface area (Å²) in [5, 5.41) is 17.9. The summed E-state index contributed by atoms with van der Waals surface area (Å²) in [7, 11) is 0. The van der Waals surface area contributed by atoms with E-state index in [1.807, 2.05) is 37.3 Å². The Bertz CT molecular complexity index is 1150. The number of hydrogen-bond donors (Lipinski definition) is 2. The summed E-state index contributed by atoms with van der Waals surface area (Å²) in [4.78, 5) is 17.6. The van der Waals surface area contributed by atoms with E-state index < -0.39 is 0 Å². The fourth-order valence-electron chi connectivity index (χ4n) is 4.14. The number of nitrogens with one attached hydrogen (secondary N) is 1. The number of rotatable bonds is 4. The van der Waals surface area contributed by atoms with Crippen molar-refractivity contribution in [2.45, 2.75) is 32.2 Å². The number of aromatic hydroxyl groups is 1. The normalized spacial score (nSPS) is 17.9. The molecule has 1 aliphatic carbocycles. The molecule has 0 amide bonds. The molecule has 1 atom stereocenters. The number of ketones is 1. The van der Waals surface area contributed by atoms with Gasteiger partial charge in [-0.15, -0.1) is 5.10 Å². The summed E-state index contributed by atoms with van der Waals surface area (Å²) < 4.78 is 7.34. The van der Waals surface area contributed by atoms with Gasteiger partial charge in [-0.05, 0) is 49.6 Å². The first-order chi connectivity index (χ1) is 14.6. The molecule has 0 fully saturated rings. The number of benzene rings is 2. The average molecular weight is 402 g/mol. The minimum atomic E-state index is -0.349. The third kappa shape index (κ3) is 3.12. The van der Waals surface area contributed by atoms with Crippen molar-refractivity contribution < 1.29 is 14.6 Å². The van der Waals surface area contributed by atoms with Crippen molar-refractivity contribution >= 4 is 11.7 Å². The summed E-state index contributed by atoms with van der Waals surface area (Å²) >= 11 is 0. The number of aromatic nitrogens is 3. The lowest BCUT2D eigenvalue weighted by Crippen LogP contribution is -2.31. The number of fused-ring (bicyclic) bond motifs is 1. The van der Waals surface area contributed by atoms with Crippen LogP contribution in [-0.2, 0) is 4.79 Å². The maximum absolute atomic E-state index is 12.9. The summed E-state index contributed by atoms with van der Waals surface area (Å²) in [5.41, 5.74) is 3.35. The van der Waals surface area contributed by atoms with Crippen LogP contribution in [0.1, 0.15) is 37.8 Å². The maximum atomic E-state index is 12.9. The second kappa shape index (κ2) is 7.33. The van der Waals surface area contributed by atoms with Crippen molar-refractivity contribution in [3.63, 3.8) is 0 Å². The van der Waals surface area contributed by atoms with E-state index in [-0.39, 0.29) is 17.6 Å². The third-order valence-electron chi connectivity index (χ3n) is 5.48. The van der Waals surface area contributed by atoms with Gasteiger partial charge in [0, 0.05) is 23.3 Å². The predicted molar refractivity (Wildman–Crippen MR) is 112 cm³/mol. The molecule has 1 aliphatic heterocycles. The van der Waals surface area contributed by atoms with E-state index in [0.29, 0.717) is 30.4 Å².